The number of nitrogens with one attached hydrogen (secondary N) is 2. The number of sulfonamides is 1. The van der Waals surface area contributed by atoms with Gasteiger partial charge in [0.1, 0.15) is 5.69 Å². The summed E-state index contributed by atoms with van der Waals surface area (Å²) in [5.74, 6) is -0.353. The van der Waals surface area contributed by atoms with E-state index in [2.05, 4.69) is 25.0 Å². The van der Waals surface area contributed by atoms with E-state index >= 15 is 0 Å². The number of thiazole rings is 1. The van der Waals surface area contributed by atoms with E-state index in [-0.39, 0.29) is 23.0 Å². The summed E-state index contributed by atoms with van der Waals surface area (Å²) in [6, 6.07) is 1.52. The second-order valence-electron chi connectivity index (χ2n) is 5.20. The van der Waals surface area contributed by atoms with Crippen LogP contribution in [0, 0.1) is 6.92 Å². The Morgan fingerprint density at radius 3 is 2.62 bits per heavy atom. The SMILES string of the molecule is Cc1ncc(CNC(=O)c2cnc(CNS(=O)(=O)c3ccsc3)cn2)s1. The molecule has 0 unspecified atom stereocenters. The highest BCUT2D eigenvalue weighted by molar-refractivity contribution is 7.89. The number of aromatic nitrogens is 3. The topological polar surface area (TPSA) is 114 Å². The third-order valence-corrected chi connectivity index (χ3v) is 6.42. The van der Waals surface area contributed by atoms with E-state index in [0.29, 0.717) is 12.2 Å². The van der Waals surface area contributed by atoms with Crippen LogP contribution in [-0.4, -0.2) is 29.3 Å². The molecule has 0 fully saturated rings. The van der Waals surface area contributed by atoms with Crippen molar-refractivity contribution in [2.75, 3.05) is 0 Å². The van der Waals surface area contributed by atoms with E-state index in [4.69, 9.17) is 0 Å². The molecule has 0 aliphatic heterocycles. The van der Waals surface area contributed by atoms with Crippen LogP contribution in [0.4, 0.5) is 0 Å². The summed E-state index contributed by atoms with van der Waals surface area (Å²) in [6.45, 7) is 2.26. The van der Waals surface area contributed by atoms with Crippen molar-refractivity contribution in [3.8, 4) is 0 Å². The van der Waals surface area contributed by atoms with E-state index in [1.165, 1.54) is 41.1 Å². The predicted octanol–water partition coefficient (Wildman–Crippen LogP) is 1.71. The monoisotopic (exact) mass is 409 g/mol. The summed E-state index contributed by atoms with van der Waals surface area (Å²) in [7, 11) is -3.57. The molecule has 8 nitrogen and oxygen atoms in total. The third kappa shape index (κ3) is 4.69. The van der Waals surface area contributed by atoms with Crippen LogP contribution < -0.4 is 10.0 Å². The Labute approximate surface area is 158 Å². The normalized spacial score (nSPS) is 11.4. The van der Waals surface area contributed by atoms with E-state index in [1.54, 1.807) is 17.0 Å². The second-order valence-corrected chi connectivity index (χ2v) is 9.07. The first-order valence-electron chi connectivity index (χ1n) is 7.46. The number of rotatable bonds is 7. The van der Waals surface area contributed by atoms with Crippen LogP contribution in [0.2, 0.25) is 0 Å². The molecule has 0 spiro atoms. The van der Waals surface area contributed by atoms with Gasteiger partial charge in [-0.1, -0.05) is 0 Å². The largest absolute Gasteiger partial charge is 0.346 e. The molecule has 3 aromatic heterocycles. The van der Waals surface area contributed by atoms with Crippen LogP contribution in [-0.2, 0) is 23.1 Å². The Hall–Kier alpha value is -2.21. The smallest absolute Gasteiger partial charge is 0.271 e. The highest BCUT2D eigenvalue weighted by Gasteiger charge is 2.15. The van der Waals surface area contributed by atoms with E-state index in [0.717, 1.165) is 9.88 Å². The summed E-state index contributed by atoms with van der Waals surface area (Å²) in [4.78, 5) is 25.5. The lowest BCUT2D eigenvalue weighted by atomic mass is 10.4. The molecule has 0 radical (unpaired) electrons. The van der Waals surface area contributed by atoms with Crippen molar-refractivity contribution in [2.45, 2.75) is 24.9 Å². The maximum absolute atomic E-state index is 12.1. The summed E-state index contributed by atoms with van der Waals surface area (Å²) >= 11 is 2.81. The first-order valence-corrected chi connectivity index (χ1v) is 10.7. The molecule has 136 valence electrons. The molecular weight excluding hydrogens is 394 g/mol. The summed E-state index contributed by atoms with van der Waals surface area (Å²) in [6.07, 6.45) is 4.41. The van der Waals surface area contributed by atoms with Gasteiger partial charge in [-0.2, -0.15) is 11.3 Å². The zero-order valence-corrected chi connectivity index (χ0v) is 16.1. The Morgan fingerprint density at radius 2 is 2.00 bits per heavy atom. The van der Waals surface area contributed by atoms with Gasteiger partial charge in [0.05, 0.1) is 41.1 Å². The van der Waals surface area contributed by atoms with E-state index < -0.39 is 10.0 Å². The maximum atomic E-state index is 12.1. The van der Waals surface area contributed by atoms with Gasteiger partial charge in [-0.15, -0.1) is 11.3 Å². The van der Waals surface area contributed by atoms with Crippen molar-refractivity contribution in [1.82, 2.24) is 25.0 Å². The first kappa shape index (κ1) is 18.6. The van der Waals surface area contributed by atoms with E-state index in [9.17, 15) is 13.2 Å². The number of aryl methyl sites for hydroxylation is 1. The molecule has 3 rings (SSSR count). The Balaban J connectivity index is 1.55. The number of hydrogen-bond donors (Lipinski definition) is 2. The van der Waals surface area contributed by atoms with Crippen molar-refractivity contribution in [3.05, 3.63) is 56.7 Å². The lowest BCUT2D eigenvalue weighted by Crippen LogP contribution is -2.25. The molecule has 0 saturated carbocycles. The molecule has 0 bridgehead atoms. The lowest BCUT2D eigenvalue weighted by molar-refractivity contribution is 0.0946. The molecule has 3 aromatic rings. The number of hydrogen-bond acceptors (Lipinski definition) is 8. The standard InChI is InChI=1S/C15H15N5O3S3/c1-10-16-6-12(25-10)7-19-15(21)14-8-17-11(4-18-14)5-20-26(22,23)13-2-3-24-9-13/h2-4,6,8-9,20H,5,7H2,1H3,(H,19,21). The zero-order chi connectivity index (χ0) is 18.6. The lowest BCUT2D eigenvalue weighted by Gasteiger charge is -2.06. The highest BCUT2D eigenvalue weighted by atomic mass is 32.2. The van der Waals surface area contributed by atoms with Crippen LogP contribution in [0.5, 0.6) is 0 Å². The third-order valence-electron chi connectivity index (χ3n) is 3.28. The second kappa shape index (κ2) is 7.99. The number of carbonyl (C=O) groups excluding carboxylic acids is 1. The molecule has 0 aliphatic rings. The van der Waals surface area contributed by atoms with Crippen LogP contribution in [0.3, 0.4) is 0 Å². The molecule has 0 saturated heterocycles. The number of thiophene rings is 1. The number of carbonyl (C=O) groups is 1. The van der Waals surface area contributed by atoms with Gasteiger partial charge in [-0.05, 0) is 18.4 Å². The Bertz CT molecular complexity index is 982. The minimum Gasteiger partial charge on any atom is -0.346 e. The minimum absolute atomic E-state index is 0.00673. The average Bonchev–Trinajstić information content (AvgIpc) is 3.30. The first-order chi connectivity index (χ1) is 12.4. The average molecular weight is 410 g/mol. The van der Waals surface area contributed by atoms with Gasteiger partial charge >= 0.3 is 0 Å². The van der Waals surface area contributed by atoms with Gasteiger partial charge < -0.3 is 5.32 Å². The molecule has 3 heterocycles. The Morgan fingerprint density at radius 1 is 1.15 bits per heavy atom. The molecule has 2 N–H and O–H groups in total. The summed E-state index contributed by atoms with van der Waals surface area (Å²) < 4.78 is 26.5. The van der Waals surface area contributed by atoms with Crippen molar-refractivity contribution >= 4 is 38.6 Å². The number of amides is 1. The van der Waals surface area contributed by atoms with Gasteiger partial charge in [0.15, 0.2) is 0 Å². The predicted molar refractivity (Wildman–Crippen MR) is 98.4 cm³/mol. The Kier molecular flexibility index (Phi) is 5.71. The highest BCUT2D eigenvalue weighted by Crippen LogP contribution is 2.13. The number of nitrogens with zero attached hydrogens (tertiary/aromatic N) is 3. The van der Waals surface area contributed by atoms with Crippen LogP contribution in [0.1, 0.15) is 26.1 Å². The maximum Gasteiger partial charge on any atom is 0.271 e. The van der Waals surface area contributed by atoms with Crippen molar-refractivity contribution < 1.29 is 13.2 Å². The van der Waals surface area contributed by atoms with Crippen LogP contribution >= 0.6 is 22.7 Å². The quantitative estimate of drug-likeness (QED) is 0.614. The van der Waals surface area contributed by atoms with Crippen LogP contribution in [0.15, 0.2) is 40.3 Å². The van der Waals surface area contributed by atoms with Gasteiger partial charge in [0, 0.05) is 16.5 Å². The summed E-state index contributed by atoms with van der Waals surface area (Å²) in [5.41, 5.74) is 0.578. The molecule has 0 atom stereocenters. The molecule has 11 heteroatoms. The molecule has 0 aliphatic carbocycles. The fourth-order valence-corrected chi connectivity index (χ4v) is 4.73. The molecular formula is C15H15N5O3S3. The van der Waals surface area contributed by atoms with Gasteiger partial charge in [-0.3, -0.25) is 9.78 Å². The van der Waals surface area contributed by atoms with E-state index in [1.807, 2.05) is 6.92 Å². The molecule has 1 amide bonds. The van der Waals surface area contributed by atoms with Crippen LogP contribution in [0.25, 0.3) is 0 Å². The zero-order valence-electron chi connectivity index (χ0n) is 13.7. The summed E-state index contributed by atoms with van der Waals surface area (Å²) in [5, 5.41) is 6.91. The van der Waals surface area contributed by atoms with Crippen molar-refractivity contribution in [1.29, 1.82) is 0 Å². The minimum atomic E-state index is -3.57. The van der Waals surface area contributed by atoms with Gasteiger partial charge in [0.2, 0.25) is 10.0 Å². The van der Waals surface area contributed by atoms with Gasteiger partial charge in [0.25, 0.3) is 5.91 Å². The van der Waals surface area contributed by atoms with Crippen molar-refractivity contribution in [3.63, 3.8) is 0 Å². The van der Waals surface area contributed by atoms with Crippen molar-refractivity contribution in [2.24, 2.45) is 0 Å². The van der Waals surface area contributed by atoms with Gasteiger partial charge in [-0.25, -0.2) is 23.1 Å². The fourth-order valence-electron chi connectivity index (χ4n) is 1.97. The molecule has 0 aromatic carbocycles. The molecule has 26 heavy (non-hydrogen) atoms. The fraction of sp³-hybridized carbons (Fsp3) is 0.200.